The maximum Gasteiger partial charge on any atom is 0.228 e. The molecule has 1 spiro atoms. The number of nitrogens with zero attached hydrogens (tertiary/aromatic N) is 3. The van der Waals surface area contributed by atoms with Crippen LogP contribution in [0.4, 0.5) is 0 Å². The van der Waals surface area contributed by atoms with Gasteiger partial charge in [-0.25, -0.2) is 4.98 Å². The highest BCUT2D eigenvalue weighted by atomic mass is 32.1. The molecule has 2 saturated heterocycles. The maximum absolute atomic E-state index is 12.6. The Morgan fingerprint density at radius 2 is 2.17 bits per heavy atom. The van der Waals surface area contributed by atoms with Crippen LogP contribution >= 0.6 is 11.3 Å². The highest BCUT2D eigenvalue weighted by Crippen LogP contribution is 2.37. The Balaban J connectivity index is 1.36. The molecule has 0 bridgehead atoms. The summed E-state index contributed by atoms with van der Waals surface area (Å²) >= 11 is 1.55. The molecular weight excluding hydrogens is 320 g/mol. The summed E-state index contributed by atoms with van der Waals surface area (Å²) in [5.74, 6) is 0.202. The normalized spacial score (nSPS) is 19.8. The second-order valence-corrected chi connectivity index (χ2v) is 7.70. The molecule has 24 heavy (non-hydrogen) atoms. The van der Waals surface area contributed by atoms with Gasteiger partial charge in [-0.2, -0.15) is 0 Å². The van der Waals surface area contributed by atoms with Gasteiger partial charge in [-0.1, -0.05) is 6.07 Å². The van der Waals surface area contributed by atoms with Crippen molar-refractivity contribution in [3.8, 4) is 10.7 Å². The van der Waals surface area contributed by atoms with Crippen molar-refractivity contribution in [1.82, 2.24) is 20.2 Å². The summed E-state index contributed by atoms with van der Waals surface area (Å²) in [6.07, 6.45) is 5.68. The summed E-state index contributed by atoms with van der Waals surface area (Å²) in [6, 6.07) is 5.80. The lowest BCUT2D eigenvalue weighted by atomic mass is 9.78. The van der Waals surface area contributed by atoms with Crippen molar-refractivity contribution in [2.45, 2.75) is 25.7 Å². The van der Waals surface area contributed by atoms with Crippen molar-refractivity contribution in [2.75, 3.05) is 26.2 Å². The van der Waals surface area contributed by atoms with Crippen molar-refractivity contribution in [1.29, 1.82) is 0 Å². The van der Waals surface area contributed by atoms with Crippen molar-refractivity contribution in [2.24, 2.45) is 5.41 Å². The molecule has 5 nitrogen and oxygen atoms in total. The van der Waals surface area contributed by atoms with E-state index in [-0.39, 0.29) is 5.91 Å². The SMILES string of the molecule is O=C(Cc1csc(-c2ccccn2)n1)N1CCC2(CCNC2)CC1. The van der Waals surface area contributed by atoms with Gasteiger partial charge in [0, 0.05) is 31.2 Å². The minimum atomic E-state index is 0.202. The smallest absolute Gasteiger partial charge is 0.228 e. The molecule has 0 saturated carbocycles. The van der Waals surface area contributed by atoms with Crippen LogP contribution in [-0.4, -0.2) is 47.0 Å². The maximum atomic E-state index is 12.6. The van der Waals surface area contributed by atoms with Gasteiger partial charge in [0.25, 0.3) is 0 Å². The summed E-state index contributed by atoms with van der Waals surface area (Å²) in [5.41, 5.74) is 2.17. The molecule has 2 aromatic rings. The van der Waals surface area contributed by atoms with E-state index in [0.717, 1.165) is 55.4 Å². The summed E-state index contributed by atoms with van der Waals surface area (Å²) in [5, 5.41) is 6.33. The van der Waals surface area contributed by atoms with Crippen LogP contribution in [0.5, 0.6) is 0 Å². The predicted molar refractivity (Wildman–Crippen MR) is 94.8 cm³/mol. The van der Waals surface area contributed by atoms with Crippen LogP contribution in [0.2, 0.25) is 0 Å². The molecule has 2 aromatic heterocycles. The number of piperidine rings is 1. The van der Waals surface area contributed by atoms with E-state index in [1.165, 1.54) is 6.42 Å². The molecule has 0 unspecified atom stereocenters. The zero-order chi connectivity index (χ0) is 16.4. The fourth-order valence-corrected chi connectivity index (χ4v) is 4.51. The number of likely N-dealkylation sites (tertiary alicyclic amines) is 1. The zero-order valence-electron chi connectivity index (χ0n) is 13.7. The quantitative estimate of drug-likeness (QED) is 0.930. The van der Waals surface area contributed by atoms with E-state index in [9.17, 15) is 4.79 Å². The first-order chi connectivity index (χ1) is 11.7. The molecule has 0 atom stereocenters. The van der Waals surface area contributed by atoms with Crippen LogP contribution in [0.25, 0.3) is 10.7 Å². The third-order valence-corrected chi connectivity index (χ3v) is 6.19. The lowest BCUT2D eigenvalue weighted by Crippen LogP contribution is -2.44. The van der Waals surface area contributed by atoms with E-state index in [4.69, 9.17) is 0 Å². The second-order valence-electron chi connectivity index (χ2n) is 6.84. The highest BCUT2D eigenvalue weighted by molar-refractivity contribution is 7.13. The Morgan fingerprint density at radius 3 is 2.88 bits per heavy atom. The van der Waals surface area contributed by atoms with Crippen LogP contribution in [0.3, 0.4) is 0 Å². The number of aromatic nitrogens is 2. The lowest BCUT2D eigenvalue weighted by molar-refractivity contribution is -0.132. The molecule has 126 valence electrons. The fraction of sp³-hybridized carbons (Fsp3) is 0.500. The summed E-state index contributed by atoms with van der Waals surface area (Å²) < 4.78 is 0. The average Bonchev–Trinajstić information content (AvgIpc) is 3.26. The number of thiazole rings is 1. The summed E-state index contributed by atoms with van der Waals surface area (Å²) in [7, 11) is 0. The summed E-state index contributed by atoms with van der Waals surface area (Å²) in [4.78, 5) is 23.5. The minimum Gasteiger partial charge on any atom is -0.342 e. The topological polar surface area (TPSA) is 58.1 Å². The van der Waals surface area contributed by atoms with Crippen LogP contribution < -0.4 is 5.32 Å². The Kier molecular flexibility index (Phi) is 4.33. The van der Waals surface area contributed by atoms with Crippen molar-refractivity contribution in [3.05, 3.63) is 35.5 Å². The standard InChI is InChI=1S/C18H22N4OS/c23-16(22-9-5-18(6-10-22)4-8-19-13-18)11-14-12-24-17(21-14)15-3-1-2-7-20-15/h1-3,7,12,19H,4-6,8-11,13H2. The molecular formula is C18H22N4OS. The first-order valence-electron chi connectivity index (χ1n) is 8.58. The van der Waals surface area contributed by atoms with E-state index in [1.54, 1.807) is 17.5 Å². The molecule has 4 rings (SSSR count). The predicted octanol–water partition coefficient (Wildman–Crippen LogP) is 2.35. The van der Waals surface area contributed by atoms with Crippen molar-refractivity contribution < 1.29 is 4.79 Å². The second kappa shape index (κ2) is 6.61. The monoisotopic (exact) mass is 342 g/mol. The van der Waals surface area contributed by atoms with Crippen LogP contribution in [0, 0.1) is 5.41 Å². The number of rotatable bonds is 3. The van der Waals surface area contributed by atoms with E-state index >= 15 is 0 Å². The molecule has 0 aliphatic carbocycles. The number of hydrogen-bond donors (Lipinski definition) is 1. The third kappa shape index (κ3) is 3.21. The van der Waals surface area contributed by atoms with Gasteiger partial charge in [0.1, 0.15) is 5.01 Å². The Bertz CT molecular complexity index is 699. The highest BCUT2D eigenvalue weighted by Gasteiger charge is 2.37. The minimum absolute atomic E-state index is 0.202. The zero-order valence-corrected chi connectivity index (χ0v) is 14.5. The number of pyridine rings is 1. The molecule has 1 N–H and O–H groups in total. The summed E-state index contributed by atoms with van der Waals surface area (Å²) in [6.45, 7) is 4.02. The third-order valence-electron chi connectivity index (χ3n) is 5.28. The largest absolute Gasteiger partial charge is 0.342 e. The molecule has 6 heteroatoms. The van der Waals surface area contributed by atoms with Gasteiger partial charge in [-0.3, -0.25) is 9.78 Å². The van der Waals surface area contributed by atoms with Gasteiger partial charge in [-0.05, 0) is 43.4 Å². The van der Waals surface area contributed by atoms with Crippen LogP contribution in [0.15, 0.2) is 29.8 Å². The lowest BCUT2D eigenvalue weighted by Gasteiger charge is -2.38. The first kappa shape index (κ1) is 15.7. The average molecular weight is 342 g/mol. The number of nitrogens with one attached hydrogen (secondary N) is 1. The van der Waals surface area contributed by atoms with Gasteiger partial charge in [0.05, 0.1) is 17.8 Å². The van der Waals surface area contributed by atoms with E-state index in [0.29, 0.717) is 11.8 Å². The van der Waals surface area contributed by atoms with E-state index in [2.05, 4.69) is 15.3 Å². The molecule has 2 fully saturated rings. The molecule has 4 heterocycles. The van der Waals surface area contributed by atoms with E-state index in [1.807, 2.05) is 28.5 Å². The number of carbonyl (C=O) groups excluding carboxylic acids is 1. The first-order valence-corrected chi connectivity index (χ1v) is 9.46. The molecule has 2 aliphatic heterocycles. The van der Waals surface area contributed by atoms with E-state index < -0.39 is 0 Å². The van der Waals surface area contributed by atoms with Crippen LogP contribution in [-0.2, 0) is 11.2 Å². The fourth-order valence-electron chi connectivity index (χ4n) is 3.71. The van der Waals surface area contributed by atoms with Gasteiger partial charge < -0.3 is 10.2 Å². The molecule has 1 amide bonds. The van der Waals surface area contributed by atoms with Gasteiger partial charge in [0.2, 0.25) is 5.91 Å². The van der Waals surface area contributed by atoms with Gasteiger partial charge in [-0.15, -0.1) is 11.3 Å². The van der Waals surface area contributed by atoms with Gasteiger partial charge in [0.15, 0.2) is 0 Å². The Hall–Kier alpha value is -1.79. The number of amides is 1. The molecule has 2 aliphatic rings. The van der Waals surface area contributed by atoms with Gasteiger partial charge >= 0.3 is 0 Å². The van der Waals surface area contributed by atoms with Crippen molar-refractivity contribution >= 4 is 17.2 Å². The number of hydrogen-bond acceptors (Lipinski definition) is 5. The Morgan fingerprint density at radius 1 is 1.29 bits per heavy atom. The van der Waals surface area contributed by atoms with Crippen molar-refractivity contribution in [3.63, 3.8) is 0 Å². The molecule has 0 aromatic carbocycles. The van der Waals surface area contributed by atoms with Crippen LogP contribution in [0.1, 0.15) is 25.0 Å². The number of carbonyl (C=O) groups is 1. The molecule has 0 radical (unpaired) electrons. The Labute approximate surface area is 146 Å².